The highest BCUT2D eigenvalue weighted by atomic mass is 15.1. The number of imidazole rings is 1. The van der Waals surface area contributed by atoms with Crippen molar-refractivity contribution in [2.45, 2.75) is 25.7 Å². The fraction of sp³-hybridized carbons (Fsp3) is 0.250. The first-order chi connectivity index (χ1) is 10.3. The molecule has 3 N–H and O–H groups in total. The summed E-state index contributed by atoms with van der Waals surface area (Å²) in [6.45, 7) is 0. The molecule has 0 saturated carbocycles. The largest absolute Gasteiger partial charge is 0.382 e. The molecule has 1 aliphatic carbocycles. The zero-order valence-corrected chi connectivity index (χ0v) is 11.7. The Labute approximate surface area is 122 Å². The van der Waals surface area contributed by atoms with Crippen LogP contribution in [-0.4, -0.2) is 14.4 Å². The smallest absolute Gasteiger partial charge is 0.180 e. The molecule has 5 nitrogen and oxygen atoms in total. The second-order valence-electron chi connectivity index (χ2n) is 5.45. The monoisotopic (exact) mass is 279 g/mol. The second kappa shape index (κ2) is 4.77. The topological polar surface area (TPSA) is 68.2 Å². The van der Waals surface area contributed by atoms with Crippen molar-refractivity contribution in [2.75, 3.05) is 11.1 Å². The number of fused-ring (bicyclic) bond motifs is 2. The molecule has 2 aromatic heterocycles. The summed E-state index contributed by atoms with van der Waals surface area (Å²) >= 11 is 0. The Balaban J connectivity index is 1.80. The van der Waals surface area contributed by atoms with E-state index in [-0.39, 0.29) is 0 Å². The summed E-state index contributed by atoms with van der Waals surface area (Å²) < 4.78 is 1.89. The zero-order chi connectivity index (χ0) is 14.2. The molecule has 1 aromatic carbocycles. The average Bonchev–Trinajstić information content (AvgIpc) is 2.96. The highest BCUT2D eigenvalue weighted by Gasteiger charge is 2.14. The number of nitrogens with one attached hydrogen (secondary N) is 1. The Morgan fingerprint density at radius 2 is 2.10 bits per heavy atom. The van der Waals surface area contributed by atoms with Gasteiger partial charge in [-0.05, 0) is 42.9 Å². The Bertz CT molecular complexity index is 806. The van der Waals surface area contributed by atoms with Gasteiger partial charge in [-0.1, -0.05) is 12.1 Å². The standard InChI is InChI=1S/C16H17N5/c17-14-10-21-9-8-18-16(21)15(20-14)19-13-7-3-5-11-4-1-2-6-12(11)13/h3,5,7-10H,1-2,4,6,17H2,(H,19,20). The van der Waals surface area contributed by atoms with E-state index in [1.165, 1.54) is 24.0 Å². The van der Waals surface area contributed by atoms with Crippen molar-refractivity contribution in [1.82, 2.24) is 14.4 Å². The number of hydrogen-bond acceptors (Lipinski definition) is 4. The molecule has 0 unspecified atom stereocenters. The molecule has 1 aliphatic rings. The normalized spacial score (nSPS) is 14.1. The van der Waals surface area contributed by atoms with E-state index in [2.05, 4.69) is 33.5 Å². The van der Waals surface area contributed by atoms with Gasteiger partial charge < -0.3 is 15.5 Å². The summed E-state index contributed by atoms with van der Waals surface area (Å²) in [5, 5.41) is 3.43. The van der Waals surface area contributed by atoms with Gasteiger partial charge in [-0.25, -0.2) is 9.97 Å². The SMILES string of the molecule is Nc1cn2ccnc2c(Nc2cccc3c2CCCC3)n1. The van der Waals surface area contributed by atoms with Gasteiger partial charge in [0.1, 0.15) is 5.82 Å². The van der Waals surface area contributed by atoms with Crippen LogP contribution in [0.2, 0.25) is 0 Å². The minimum absolute atomic E-state index is 0.479. The van der Waals surface area contributed by atoms with Gasteiger partial charge in [0.05, 0.1) is 6.20 Å². The maximum absolute atomic E-state index is 5.88. The first kappa shape index (κ1) is 12.2. The Hall–Kier alpha value is -2.56. The lowest BCUT2D eigenvalue weighted by atomic mass is 9.90. The Morgan fingerprint density at radius 3 is 3.05 bits per heavy atom. The van der Waals surface area contributed by atoms with Crippen molar-refractivity contribution in [3.05, 3.63) is 47.9 Å². The Morgan fingerprint density at radius 1 is 1.19 bits per heavy atom. The van der Waals surface area contributed by atoms with Crippen LogP contribution in [0.15, 0.2) is 36.8 Å². The molecule has 2 heterocycles. The molecule has 4 rings (SSSR count). The summed E-state index contributed by atoms with van der Waals surface area (Å²) in [6.07, 6.45) is 10.2. The maximum atomic E-state index is 5.88. The third kappa shape index (κ3) is 2.11. The minimum Gasteiger partial charge on any atom is -0.382 e. The predicted octanol–water partition coefficient (Wildman–Crippen LogP) is 2.93. The van der Waals surface area contributed by atoms with Gasteiger partial charge in [-0.15, -0.1) is 0 Å². The minimum atomic E-state index is 0.479. The molecule has 5 heteroatoms. The molecule has 0 saturated heterocycles. The summed E-state index contributed by atoms with van der Waals surface area (Å²) in [6, 6.07) is 6.42. The maximum Gasteiger partial charge on any atom is 0.180 e. The molecule has 0 fully saturated rings. The molecule has 0 aliphatic heterocycles. The van der Waals surface area contributed by atoms with E-state index in [4.69, 9.17) is 5.73 Å². The van der Waals surface area contributed by atoms with Gasteiger partial charge in [-0.2, -0.15) is 0 Å². The van der Waals surface area contributed by atoms with Crippen molar-refractivity contribution in [2.24, 2.45) is 0 Å². The van der Waals surface area contributed by atoms with E-state index in [1.807, 2.05) is 10.6 Å². The van der Waals surface area contributed by atoms with Gasteiger partial charge in [0.2, 0.25) is 0 Å². The lowest BCUT2D eigenvalue weighted by Crippen LogP contribution is -2.08. The lowest BCUT2D eigenvalue weighted by Gasteiger charge is -2.20. The summed E-state index contributed by atoms with van der Waals surface area (Å²) in [5.41, 5.74) is 10.6. The van der Waals surface area contributed by atoms with Crippen LogP contribution in [0.5, 0.6) is 0 Å². The third-order valence-electron chi connectivity index (χ3n) is 4.04. The number of nitrogen functional groups attached to an aromatic ring is 1. The fourth-order valence-corrected chi connectivity index (χ4v) is 3.06. The van der Waals surface area contributed by atoms with Crippen molar-refractivity contribution in [3.63, 3.8) is 0 Å². The molecular formula is C16H17N5. The summed E-state index contributed by atoms with van der Waals surface area (Å²) in [7, 11) is 0. The van der Waals surface area contributed by atoms with Crippen molar-refractivity contribution >= 4 is 23.0 Å². The van der Waals surface area contributed by atoms with Crippen molar-refractivity contribution in [3.8, 4) is 0 Å². The number of aryl methyl sites for hydroxylation is 1. The van der Waals surface area contributed by atoms with E-state index < -0.39 is 0 Å². The van der Waals surface area contributed by atoms with Gasteiger partial charge in [0, 0.05) is 18.1 Å². The molecular weight excluding hydrogens is 262 g/mol. The highest BCUT2D eigenvalue weighted by molar-refractivity contribution is 5.73. The predicted molar refractivity (Wildman–Crippen MR) is 83.8 cm³/mol. The van der Waals surface area contributed by atoms with E-state index in [9.17, 15) is 0 Å². The second-order valence-corrected chi connectivity index (χ2v) is 5.45. The van der Waals surface area contributed by atoms with E-state index in [0.29, 0.717) is 11.6 Å². The van der Waals surface area contributed by atoms with Crippen molar-refractivity contribution in [1.29, 1.82) is 0 Å². The number of nitrogens with zero attached hydrogens (tertiary/aromatic N) is 3. The van der Waals surface area contributed by atoms with Crippen LogP contribution in [-0.2, 0) is 12.8 Å². The number of rotatable bonds is 2. The van der Waals surface area contributed by atoms with Crippen LogP contribution < -0.4 is 11.1 Å². The Kier molecular flexibility index (Phi) is 2.77. The molecule has 21 heavy (non-hydrogen) atoms. The molecule has 106 valence electrons. The quantitative estimate of drug-likeness (QED) is 0.757. The van der Waals surface area contributed by atoms with E-state index in [0.717, 1.165) is 24.2 Å². The van der Waals surface area contributed by atoms with Crippen molar-refractivity contribution < 1.29 is 0 Å². The molecule has 0 spiro atoms. The van der Waals surface area contributed by atoms with Crippen LogP contribution >= 0.6 is 0 Å². The molecule has 0 radical (unpaired) electrons. The summed E-state index contributed by atoms with van der Waals surface area (Å²) in [4.78, 5) is 8.75. The summed E-state index contributed by atoms with van der Waals surface area (Å²) in [5.74, 6) is 1.19. The first-order valence-electron chi connectivity index (χ1n) is 7.28. The van der Waals surface area contributed by atoms with Crippen LogP contribution in [0, 0.1) is 0 Å². The van der Waals surface area contributed by atoms with Gasteiger partial charge in [-0.3, -0.25) is 0 Å². The van der Waals surface area contributed by atoms with E-state index in [1.54, 1.807) is 12.4 Å². The van der Waals surface area contributed by atoms with Gasteiger partial charge in [0.25, 0.3) is 0 Å². The molecule has 0 bridgehead atoms. The van der Waals surface area contributed by atoms with E-state index >= 15 is 0 Å². The first-order valence-corrected chi connectivity index (χ1v) is 7.28. The third-order valence-corrected chi connectivity index (χ3v) is 4.04. The fourth-order valence-electron chi connectivity index (χ4n) is 3.06. The van der Waals surface area contributed by atoms with Crippen LogP contribution in [0.1, 0.15) is 24.0 Å². The number of benzene rings is 1. The number of aromatic nitrogens is 3. The number of nitrogens with two attached hydrogens (primary N) is 1. The van der Waals surface area contributed by atoms with Crippen LogP contribution in [0.25, 0.3) is 5.65 Å². The molecule has 3 aromatic rings. The molecule has 0 amide bonds. The van der Waals surface area contributed by atoms with Gasteiger partial charge >= 0.3 is 0 Å². The lowest BCUT2D eigenvalue weighted by molar-refractivity contribution is 0.687. The number of hydrogen-bond donors (Lipinski definition) is 2. The average molecular weight is 279 g/mol. The highest BCUT2D eigenvalue weighted by Crippen LogP contribution is 2.30. The van der Waals surface area contributed by atoms with Crippen LogP contribution in [0.4, 0.5) is 17.3 Å². The van der Waals surface area contributed by atoms with Gasteiger partial charge in [0.15, 0.2) is 11.5 Å². The molecule has 0 atom stereocenters. The number of anilines is 3. The van der Waals surface area contributed by atoms with Crippen LogP contribution in [0.3, 0.4) is 0 Å². The zero-order valence-electron chi connectivity index (χ0n) is 11.7.